The first kappa shape index (κ1) is 13.0. The molecule has 2 rings (SSSR count). The Morgan fingerprint density at radius 2 is 2.22 bits per heavy atom. The van der Waals surface area contributed by atoms with Crippen LogP contribution < -0.4 is 5.32 Å². The lowest BCUT2D eigenvalue weighted by atomic mass is 9.97. The fraction of sp³-hybridized carbons (Fsp3) is 0.538. The van der Waals surface area contributed by atoms with Crippen LogP contribution in [0, 0.1) is 11.9 Å². The maximum Gasteiger partial charge on any atom is 0.270 e. The lowest BCUT2D eigenvalue weighted by Gasteiger charge is -2.28. The molecular formula is C13H18FN3O. The third-order valence-electron chi connectivity index (χ3n) is 3.34. The second kappa shape index (κ2) is 5.91. The molecule has 1 N–H and O–H groups in total. The van der Waals surface area contributed by atoms with E-state index in [0.717, 1.165) is 25.9 Å². The van der Waals surface area contributed by atoms with Crippen molar-refractivity contribution in [2.45, 2.75) is 12.8 Å². The molecule has 0 spiro atoms. The molecule has 1 saturated heterocycles. The number of halogens is 1. The number of carbonyl (C=O) groups excluding carboxylic acids is 1. The summed E-state index contributed by atoms with van der Waals surface area (Å²) in [7, 11) is 2.10. The molecule has 1 aromatic rings. The fourth-order valence-corrected chi connectivity index (χ4v) is 2.13. The van der Waals surface area contributed by atoms with Gasteiger partial charge in [-0.3, -0.25) is 4.79 Å². The number of likely N-dealkylation sites (tertiary alicyclic amines) is 1. The number of hydrogen-bond acceptors (Lipinski definition) is 3. The zero-order valence-corrected chi connectivity index (χ0v) is 10.5. The summed E-state index contributed by atoms with van der Waals surface area (Å²) in [6, 6.07) is 4.24. The molecule has 1 aromatic heterocycles. The lowest BCUT2D eigenvalue weighted by Crippen LogP contribution is -2.37. The molecule has 4 nitrogen and oxygen atoms in total. The Kier molecular flexibility index (Phi) is 4.25. The van der Waals surface area contributed by atoms with Gasteiger partial charge < -0.3 is 10.2 Å². The van der Waals surface area contributed by atoms with Crippen LogP contribution in [0.25, 0.3) is 0 Å². The van der Waals surface area contributed by atoms with Gasteiger partial charge in [0.15, 0.2) is 0 Å². The number of piperidine rings is 1. The van der Waals surface area contributed by atoms with Crippen molar-refractivity contribution in [1.82, 2.24) is 15.2 Å². The monoisotopic (exact) mass is 251 g/mol. The average molecular weight is 251 g/mol. The summed E-state index contributed by atoms with van der Waals surface area (Å²) in [6.45, 7) is 2.78. The van der Waals surface area contributed by atoms with E-state index in [0.29, 0.717) is 12.5 Å². The second-order valence-electron chi connectivity index (χ2n) is 4.80. The van der Waals surface area contributed by atoms with Gasteiger partial charge in [-0.2, -0.15) is 4.39 Å². The van der Waals surface area contributed by atoms with Crippen LogP contribution in [0.2, 0.25) is 0 Å². The number of hydrogen-bond donors (Lipinski definition) is 1. The standard InChI is InChI=1S/C13H18FN3O/c1-17-7-5-10(6-8-17)9-15-13(18)11-3-2-4-12(14)16-11/h2-4,10H,5-9H2,1H3,(H,15,18). The second-order valence-corrected chi connectivity index (χ2v) is 4.80. The highest BCUT2D eigenvalue weighted by Crippen LogP contribution is 2.14. The fourth-order valence-electron chi connectivity index (χ4n) is 2.13. The highest BCUT2D eigenvalue weighted by molar-refractivity contribution is 5.92. The van der Waals surface area contributed by atoms with Gasteiger partial charge in [0.05, 0.1) is 0 Å². The van der Waals surface area contributed by atoms with E-state index in [1.807, 2.05) is 0 Å². The molecule has 5 heteroatoms. The number of aromatic nitrogens is 1. The van der Waals surface area contributed by atoms with Crippen molar-refractivity contribution in [3.63, 3.8) is 0 Å². The van der Waals surface area contributed by atoms with Crippen LogP contribution in [-0.2, 0) is 0 Å². The van der Waals surface area contributed by atoms with Crippen molar-refractivity contribution in [3.05, 3.63) is 29.8 Å². The Bertz CT molecular complexity index is 416. The maximum absolute atomic E-state index is 12.9. The predicted octanol–water partition coefficient (Wildman–Crippen LogP) is 1.29. The summed E-state index contributed by atoms with van der Waals surface area (Å²) in [5, 5.41) is 2.82. The molecule has 1 aliphatic heterocycles. The van der Waals surface area contributed by atoms with Crippen LogP contribution in [0.15, 0.2) is 18.2 Å². The third-order valence-corrected chi connectivity index (χ3v) is 3.34. The molecule has 0 unspecified atom stereocenters. The SMILES string of the molecule is CN1CCC(CNC(=O)c2cccc(F)n2)CC1. The van der Waals surface area contributed by atoms with E-state index >= 15 is 0 Å². The summed E-state index contributed by atoms with van der Waals surface area (Å²) < 4.78 is 12.9. The first-order valence-corrected chi connectivity index (χ1v) is 6.24. The molecule has 0 radical (unpaired) electrons. The molecule has 2 heterocycles. The lowest BCUT2D eigenvalue weighted by molar-refractivity contribution is 0.0933. The topological polar surface area (TPSA) is 45.2 Å². The van der Waals surface area contributed by atoms with Crippen molar-refractivity contribution < 1.29 is 9.18 Å². The van der Waals surface area contributed by atoms with Gasteiger partial charge in [-0.1, -0.05) is 6.07 Å². The van der Waals surface area contributed by atoms with Gasteiger partial charge in [0.1, 0.15) is 5.69 Å². The summed E-state index contributed by atoms with van der Waals surface area (Å²) in [6.07, 6.45) is 2.18. The summed E-state index contributed by atoms with van der Waals surface area (Å²) in [5.41, 5.74) is 0.142. The highest BCUT2D eigenvalue weighted by atomic mass is 19.1. The highest BCUT2D eigenvalue weighted by Gasteiger charge is 2.17. The van der Waals surface area contributed by atoms with Crippen molar-refractivity contribution in [3.8, 4) is 0 Å². The maximum atomic E-state index is 12.9. The molecule has 0 saturated carbocycles. The molecular weight excluding hydrogens is 233 g/mol. The smallest absolute Gasteiger partial charge is 0.270 e. The minimum atomic E-state index is -0.623. The van der Waals surface area contributed by atoms with Crippen LogP contribution in [0.5, 0.6) is 0 Å². The van der Waals surface area contributed by atoms with Gasteiger partial charge in [-0.25, -0.2) is 4.98 Å². The van der Waals surface area contributed by atoms with E-state index in [4.69, 9.17) is 0 Å². The van der Waals surface area contributed by atoms with Gasteiger partial charge in [-0.05, 0) is 51.0 Å². The number of nitrogens with zero attached hydrogens (tertiary/aromatic N) is 2. The molecule has 0 aliphatic carbocycles. The minimum absolute atomic E-state index is 0.142. The van der Waals surface area contributed by atoms with Crippen LogP contribution >= 0.6 is 0 Å². The predicted molar refractivity (Wildman–Crippen MR) is 66.7 cm³/mol. The van der Waals surface area contributed by atoms with Crippen LogP contribution in [0.3, 0.4) is 0 Å². The number of pyridine rings is 1. The summed E-state index contributed by atoms with van der Waals surface area (Å²) >= 11 is 0. The molecule has 98 valence electrons. The van der Waals surface area contributed by atoms with Gasteiger partial charge >= 0.3 is 0 Å². The summed E-state index contributed by atoms with van der Waals surface area (Å²) in [4.78, 5) is 17.6. The normalized spacial score (nSPS) is 17.7. The Hall–Kier alpha value is -1.49. The first-order valence-electron chi connectivity index (χ1n) is 6.24. The minimum Gasteiger partial charge on any atom is -0.350 e. The van der Waals surface area contributed by atoms with E-state index in [-0.39, 0.29) is 11.6 Å². The molecule has 18 heavy (non-hydrogen) atoms. The molecule has 1 fully saturated rings. The molecule has 0 atom stereocenters. The van der Waals surface area contributed by atoms with Crippen LogP contribution in [0.4, 0.5) is 4.39 Å². The van der Waals surface area contributed by atoms with Crippen molar-refractivity contribution in [1.29, 1.82) is 0 Å². The summed E-state index contributed by atoms with van der Waals surface area (Å²) in [5.74, 6) is -0.408. The zero-order valence-electron chi connectivity index (χ0n) is 10.5. The first-order chi connectivity index (χ1) is 8.65. The Labute approximate surface area is 106 Å². The largest absolute Gasteiger partial charge is 0.350 e. The molecule has 1 aliphatic rings. The van der Waals surface area contributed by atoms with Crippen LogP contribution in [-0.4, -0.2) is 42.5 Å². The average Bonchev–Trinajstić information content (AvgIpc) is 2.38. The van der Waals surface area contributed by atoms with E-state index in [9.17, 15) is 9.18 Å². The number of carbonyl (C=O) groups is 1. The van der Waals surface area contributed by atoms with Gasteiger partial charge in [0, 0.05) is 6.54 Å². The van der Waals surface area contributed by atoms with E-state index in [1.54, 1.807) is 0 Å². The van der Waals surface area contributed by atoms with E-state index < -0.39 is 5.95 Å². The van der Waals surface area contributed by atoms with Gasteiger partial charge in [0.25, 0.3) is 5.91 Å². The Balaban J connectivity index is 1.81. The van der Waals surface area contributed by atoms with Crippen molar-refractivity contribution >= 4 is 5.91 Å². The van der Waals surface area contributed by atoms with Crippen molar-refractivity contribution in [2.75, 3.05) is 26.7 Å². The van der Waals surface area contributed by atoms with E-state index in [2.05, 4.69) is 22.2 Å². The van der Waals surface area contributed by atoms with Gasteiger partial charge in [0.2, 0.25) is 5.95 Å². The van der Waals surface area contributed by atoms with Crippen LogP contribution in [0.1, 0.15) is 23.3 Å². The quantitative estimate of drug-likeness (QED) is 0.823. The number of nitrogens with one attached hydrogen (secondary N) is 1. The number of rotatable bonds is 3. The van der Waals surface area contributed by atoms with E-state index in [1.165, 1.54) is 18.2 Å². The molecule has 0 bridgehead atoms. The molecule has 0 aromatic carbocycles. The number of amides is 1. The Morgan fingerprint density at radius 3 is 2.89 bits per heavy atom. The van der Waals surface area contributed by atoms with Gasteiger partial charge in [-0.15, -0.1) is 0 Å². The van der Waals surface area contributed by atoms with Crippen molar-refractivity contribution in [2.24, 2.45) is 5.92 Å². The zero-order chi connectivity index (χ0) is 13.0. The third kappa shape index (κ3) is 3.50. The molecule has 1 amide bonds. The Morgan fingerprint density at radius 1 is 1.50 bits per heavy atom.